The molecule has 0 aromatic heterocycles. The number of hydrogen-bond donors (Lipinski definition) is 1. The lowest BCUT2D eigenvalue weighted by atomic mass is 10.5. The van der Waals surface area contributed by atoms with Crippen molar-refractivity contribution in [3.8, 4) is 0 Å². The maximum Gasteiger partial charge on any atom is 0.0504 e. The van der Waals surface area contributed by atoms with Gasteiger partial charge >= 0.3 is 0 Å². The molecule has 3 nitrogen and oxygen atoms in total. The smallest absolute Gasteiger partial charge is 0.0504 e. The van der Waals surface area contributed by atoms with Crippen LogP contribution < -0.4 is 5.73 Å². The lowest BCUT2D eigenvalue weighted by molar-refractivity contribution is 0.280. The molecular weight excluding hydrogens is 194 g/mol. The summed E-state index contributed by atoms with van der Waals surface area (Å²) >= 11 is 0. The van der Waals surface area contributed by atoms with E-state index in [1.165, 1.54) is 13.1 Å². The van der Waals surface area contributed by atoms with Gasteiger partial charge in [0.2, 0.25) is 0 Å². The van der Waals surface area contributed by atoms with Gasteiger partial charge in [-0.25, -0.2) is 0 Å². The van der Waals surface area contributed by atoms with Crippen LogP contribution in [0.3, 0.4) is 0 Å². The Kier molecular flexibility index (Phi) is 5.25. The van der Waals surface area contributed by atoms with E-state index in [0.29, 0.717) is 0 Å². The lowest BCUT2D eigenvalue weighted by Gasteiger charge is -2.12. The molecule has 1 rings (SSSR count). The topological polar surface area (TPSA) is 32.5 Å². The Morgan fingerprint density at radius 1 is 1.40 bits per heavy atom. The third kappa shape index (κ3) is 2.96. The van der Waals surface area contributed by atoms with Gasteiger partial charge in [0.25, 0.3) is 0 Å². The maximum absolute atomic E-state index is 5.39. The number of likely N-dealkylation sites (N-methyl/N-ethyl adjacent to an activating group) is 1. The summed E-state index contributed by atoms with van der Waals surface area (Å²) in [6.45, 7) is 5.31. The summed E-state index contributed by atoms with van der Waals surface area (Å²) in [6, 6.07) is 0. The fourth-order valence-electron chi connectivity index (χ4n) is 1.16. The van der Waals surface area contributed by atoms with Gasteiger partial charge in [0.15, 0.2) is 0 Å². The van der Waals surface area contributed by atoms with Crippen LogP contribution in [0.2, 0.25) is 0 Å². The van der Waals surface area contributed by atoms with Gasteiger partial charge in [0, 0.05) is 26.2 Å². The van der Waals surface area contributed by atoms with Gasteiger partial charge in [-0.15, -0.1) is 17.0 Å². The fourth-order valence-corrected chi connectivity index (χ4v) is 1.16. The van der Waals surface area contributed by atoms with Crippen LogP contribution in [0.1, 0.15) is 0 Å². The molecular formula is C6H16BrN3. The molecule has 0 saturated carbocycles. The highest BCUT2D eigenvalue weighted by Gasteiger charge is 2.13. The van der Waals surface area contributed by atoms with E-state index in [-0.39, 0.29) is 17.0 Å². The third-order valence-corrected chi connectivity index (χ3v) is 1.68. The van der Waals surface area contributed by atoms with Crippen molar-refractivity contribution in [3.63, 3.8) is 0 Å². The Morgan fingerprint density at radius 3 is 2.50 bits per heavy atom. The first-order chi connectivity index (χ1) is 4.33. The van der Waals surface area contributed by atoms with Gasteiger partial charge in [-0.3, -0.25) is 9.80 Å². The zero-order valence-electron chi connectivity index (χ0n) is 6.42. The van der Waals surface area contributed by atoms with Crippen LogP contribution >= 0.6 is 17.0 Å². The predicted octanol–water partition coefficient (Wildman–Crippen LogP) is -0.272. The molecule has 0 spiro atoms. The van der Waals surface area contributed by atoms with Crippen molar-refractivity contribution >= 4 is 17.0 Å². The van der Waals surface area contributed by atoms with E-state index in [9.17, 15) is 0 Å². The second-order valence-corrected chi connectivity index (χ2v) is 2.63. The van der Waals surface area contributed by atoms with Crippen molar-refractivity contribution in [2.24, 2.45) is 5.73 Å². The second-order valence-electron chi connectivity index (χ2n) is 2.63. The highest BCUT2D eigenvalue weighted by atomic mass is 79.9. The molecule has 10 heavy (non-hydrogen) atoms. The number of hydrogen-bond acceptors (Lipinski definition) is 3. The van der Waals surface area contributed by atoms with Crippen LogP contribution in [0.15, 0.2) is 0 Å². The zero-order chi connectivity index (χ0) is 6.69. The van der Waals surface area contributed by atoms with Gasteiger partial charge in [-0.2, -0.15) is 0 Å². The molecule has 0 aromatic rings. The normalized spacial score (nSPS) is 21.0. The molecule has 1 fully saturated rings. The van der Waals surface area contributed by atoms with E-state index in [0.717, 1.165) is 19.8 Å². The van der Waals surface area contributed by atoms with E-state index >= 15 is 0 Å². The van der Waals surface area contributed by atoms with Crippen LogP contribution in [0, 0.1) is 0 Å². The molecule has 1 saturated heterocycles. The number of halogens is 1. The molecule has 0 radical (unpaired) electrons. The summed E-state index contributed by atoms with van der Waals surface area (Å²) in [6.07, 6.45) is 0. The second kappa shape index (κ2) is 5.07. The molecule has 0 bridgehead atoms. The zero-order valence-corrected chi connectivity index (χ0v) is 8.13. The van der Waals surface area contributed by atoms with Crippen molar-refractivity contribution < 1.29 is 0 Å². The van der Waals surface area contributed by atoms with E-state index < -0.39 is 0 Å². The summed E-state index contributed by atoms with van der Waals surface area (Å²) in [4.78, 5) is 4.66. The molecule has 2 N–H and O–H groups in total. The first-order valence-corrected chi connectivity index (χ1v) is 3.44. The highest BCUT2D eigenvalue weighted by Crippen LogP contribution is 1.98. The molecule has 62 valence electrons. The Labute approximate surface area is 72.9 Å². The third-order valence-electron chi connectivity index (χ3n) is 1.68. The average molecular weight is 210 g/mol. The van der Waals surface area contributed by atoms with E-state index in [1.807, 2.05) is 0 Å². The Balaban J connectivity index is 0.000000810. The maximum atomic E-state index is 5.39. The van der Waals surface area contributed by atoms with Crippen molar-refractivity contribution in [3.05, 3.63) is 0 Å². The number of nitrogens with two attached hydrogens (primary N) is 1. The molecule has 4 heteroatoms. The van der Waals surface area contributed by atoms with Gasteiger partial charge in [0.1, 0.15) is 0 Å². The quantitative estimate of drug-likeness (QED) is 0.680. The van der Waals surface area contributed by atoms with E-state index in [2.05, 4.69) is 16.8 Å². The monoisotopic (exact) mass is 209 g/mol. The minimum atomic E-state index is 0. The first-order valence-electron chi connectivity index (χ1n) is 3.44. The van der Waals surface area contributed by atoms with Crippen LogP contribution in [0.25, 0.3) is 0 Å². The molecule has 0 aromatic carbocycles. The summed E-state index contributed by atoms with van der Waals surface area (Å²) in [7, 11) is 2.14. The van der Waals surface area contributed by atoms with Crippen LogP contribution in [0.4, 0.5) is 0 Å². The lowest BCUT2D eigenvalue weighted by Crippen LogP contribution is -2.28. The summed E-state index contributed by atoms with van der Waals surface area (Å²) < 4.78 is 0. The van der Waals surface area contributed by atoms with Crippen LogP contribution in [-0.4, -0.2) is 49.7 Å². The largest absolute Gasteiger partial charge is 0.329 e. The van der Waals surface area contributed by atoms with Gasteiger partial charge in [-0.1, -0.05) is 0 Å². The summed E-state index contributed by atoms with van der Waals surface area (Å²) in [5, 5.41) is 0. The minimum Gasteiger partial charge on any atom is -0.329 e. The molecule has 1 heterocycles. The van der Waals surface area contributed by atoms with Gasteiger partial charge in [0.05, 0.1) is 6.67 Å². The molecule has 0 aliphatic carbocycles. The van der Waals surface area contributed by atoms with Gasteiger partial charge in [-0.05, 0) is 7.05 Å². The molecule has 1 aliphatic heterocycles. The molecule has 0 amide bonds. The number of rotatable bonds is 2. The number of nitrogens with zero attached hydrogens (tertiary/aromatic N) is 2. The average Bonchev–Trinajstić information content (AvgIpc) is 2.17. The van der Waals surface area contributed by atoms with Gasteiger partial charge < -0.3 is 5.73 Å². The predicted molar refractivity (Wildman–Crippen MR) is 48.4 cm³/mol. The first kappa shape index (κ1) is 10.4. The van der Waals surface area contributed by atoms with Crippen molar-refractivity contribution in [1.82, 2.24) is 9.80 Å². The molecule has 1 aliphatic rings. The van der Waals surface area contributed by atoms with Crippen LogP contribution in [-0.2, 0) is 0 Å². The van der Waals surface area contributed by atoms with E-state index in [4.69, 9.17) is 5.73 Å². The van der Waals surface area contributed by atoms with Crippen LogP contribution in [0.5, 0.6) is 0 Å². The van der Waals surface area contributed by atoms with Crippen molar-refractivity contribution in [1.29, 1.82) is 0 Å². The summed E-state index contributed by atoms with van der Waals surface area (Å²) in [5.74, 6) is 0. The standard InChI is InChI=1S/C6H15N3.BrH/c1-8-4-5-9(6-8)3-2-7;/h2-7H2,1H3;1H. The minimum absolute atomic E-state index is 0. The highest BCUT2D eigenvalue weighted by molar-refractivity contribution is 8.93. The SMILES string of the molecule is Br.CN1CCN(CCN)C1. The van der Waals surface area contributed by atoms with Crippen molar-refractivity contribution in [2.75, 3.05) is 39.9 Å². The Bertz CT molecular complexity index is 87.1. The molecule has 0 atom stereocenters. The van der Waals surface area contributed by atoms with Crippen molar-refractivity contribution in [2.45, 2.75) is 0 Å². The van der Waals surface area contributed by atoms with E-state index in [1.54, 1.807) is 0 Å². The Hall–Kier alpha value is 0.360. The Morgan fingerprint density at radius 2 is 2.10 bits per heavy atom. The summed E-state index contributed by atoms with van der Waals surface area (Å²) in [5.41, 5.74) is 5.39. The fraction of sp³-hybridized carbons (Fsp3) is 1.00. The molecule has 0 unspecified atom stereocenters.